The van der Waals surface area contributed by atoms with Crippen molar-refractivity contribution in [1.82, 2.24) is 5.32 Å². The van der Waals surface area contributed by atoms with Gasteiger partial charge in [0.25, 0.3) is 0 Å². The van der Waals surface area contributed by atoms with E-state index in [-0.39, 0.29) is 23.8 Å². The van der Waals surface area contributed by atoms with Gasteiger partial charge in [0.2, 0.25) is 5.91 Å². The molecule has 0 aliphatic rings. The number of aryl methyl sites for hydroxylation is 1. The molecule has 1 amide bonds. The van der Waals surface area contributed by atoms with Crippen LogP contribution in [0.1, 0.15) is 48.3 Å². The van der Waals surface area contributed by atoms with Crippen molar-refractivity contribution in [3.63, 3.8) is 0 Å². The summed E-state index contributed by atoms with van der Waals surface area (Å²) >= 11 is 0. The molecule has 3 aromatic rings. The molecule has 0 fully saturated rings. The highest BCUT2D eigenvalue weighted by molar-refractivity contribution is 7.91. The van der Waals surface area contributed by atoms with Gasteiger partial charge < -0.3 is 9.73 Å². The van der Waals surface area contributed by atoms with Crippen LogP contribution in [0.3, 0.4) is 0 Å². The number of rotatable bonds is 9. The molecule has 0 saturated heterocycles. The highest BCUT2D eigenvalue weighted by Gasteiger charge is 2.31. The number of hydrogen-bond acceptors (Lipinski definition) is 4. The van der Waals surface area contributed by atoms with Crippen LogP contribution in [0.25, 0.3) is 0 Å². The zero-order valence-corrected chi connectivity index (χ0v) is 18.1. The topological polar surface area (TPSA) is 76.4 Å². The normalized spacial score (nSPS) is 12.6. The Kier molecular flexibility index (Phi) is 7.11. The first-order chi connectivity index (χ1) is 14.4. The molecular weight excluding hydrogens is 398 g/mol. The van der Waals surface area contributed by atoms with E-state index in [4.69, 9.17) is 4.42 Å². The van der Waals surface area contributed by atoms with E-state index in [1.165, 1.54) is 6.26 Å². The number of nitrogens with one attached hydrogen (secondary N) is 1. The summed E-state index contributed by atoms with van der Waals surface area (Å²) < 4.78 is 32.0. The molecule has 0 radical (unpaired) electrons. The fourth-order valence-electron chi connectivity index (χ4n) is 3.24. The van der Waals surface area contributed by atoms with E-state index in [1.54, 1.807) is 24.3 Å². The van der Waals surface area contributed by atoms with E-state index >= 15 is 0 Å². The van der Waals surface area contributed by atoms with Gasteiger partial charge in [0, 0.05) is 13.0 Å². The maximum Gasteiger partial charge on any atom is 0.220 e. The second-order valence-electron chi connectivity index (χ2n) is 7.56. The summed E-state index contributed by atoms with van der Waals surface area (Å²) in [6.45, 7) is 4.07. The molecule has 0 unspecified atom stereocenters. The SMILES string of the molecule is CC(C)c1ccc(S(=O)(=O)[C@H](CNC(=O)CCc2ccccc2)c2ccco2)cc1. The molecule has 1 atom stereocenters. The average Bonchev–Trinajstić information content (AvgIpc) is 3.27. The first-order valence-corrected chi connectivity index (χ1v) is 11.6. The second kappa shape index (κ2) is 9.76. The Morgan fingerprint density at radius 3 is 2.27 bits per heavy atom. The second-order valence-corrected chi connectivity index (χ2v) is 9.69. The molecule has 1 aromatic heterocycles. The van der Waals surface area contributed by atoms with Crippen LogP contribution in [-0.4, -0.2) is 20.9 Å². The highest BCUT2D eigenvalue weighted by atomic mass is 32.2. The Morgan fingerprint density at radius 1 is 0.967 bits per heavy atom. The Bertz CT molecular complexity index is 1040. The molecule has 0 spiro atoms. The van der Waals surface area contributed by atoms with Crippen molar-refractivity contribution in [2.45, 2.75) is 42.8 Å². The number of benzene rings is 2. The molecule has 0 bridgehead atoms. The van der Waals surface area contributed by atoms with E-state index in [0.29, 0.717) is 18.1 Å². The molecule has 3 rings (SSSR count). The number of furan rings is 1. The van der Waals surface area contributed by atoms with Gasteiger partial charge in [-0.05, 0) is 47.7 Å². The lowest BCUT2D eigenvalue weighted by atomic mass is 10.0. The summed E-state index contributed by atoms with van der Waals surface area (Å²) in [5, 5.41) is 1.78. The van der Waals surface area contributed by atoms with Crippen molar-refractivity contribution in [3.8, 4) is 0 Å². The van der Waals surface area contributed by atoms with Crippen LogP contribution < -0.4 is 5.32 Å². The predicted molar refractivity (Wildman–Crippen MR) is 117 cm³/mol. The van der Waals surface area contributed by atoms with Crippen molar-refractivity contribution in [3.05, 3.63) is 89.9 Å². The van der Waals surface area contributed by atoms with Crippen LogP contribution in [0.4, 0.5) is 0 Å². The monoisotopic (exact) mass is 425 g/mol. The average molecular weight is 426 g/mol. The molecule has 1 heterocycles. The first kappa shape index (κ1) is 21.8. The lowest BCUT2D eigenvalue weighted by Crippen LogP contribution is -2.32. The van der Waals surface area contributed by atoms with Crippen LogP contribution in [0.2, 0.25) is 0 Å². The quantitative estimate of drug-likeness (QED) is 0.541. The Hall–Kier alpha value is -2.86. The van der Waals surface area contributed by atoms with Gasteiger partial charge in [-0.25, -0.2) is 8.42 Å². The van der Waals surface area contributed by atoms with Gasteiger partial charge in [0.1, 0.15) is 11.0 Å². The Labute approximate surface area is 178 Å². The zero-order valence-electron chi connectivity index (χ0n) is 17.2. The molecule has 30 heavy (non-hydrogen) atoms. The fourth-order valence-corrected chi connectivity index (χ4v) is 4.83. The van der Waals surface area contributed by atoms with E-state index in [9.17, 15) is 13.2 Å². The van der Waals surface area contributed by atoms with Gasteiger partial charge in [0.05, 0.1) is 11.2 Å². The van der Waals surface area contributed by atoms with Gasteiger partial charge in [-0.1, -0.05) is 56.3 Å². The van der Waals surface area contributed by atoms with Crippen molar-refractivity contribution < 1.29 is 17.6 Å². The molecule has 158 valence electrons. The predicted octanol–water partition coefficient (Wildman–Crippen LogP) is 4.67. The highest BCUT2D eigenvalue weighted by Crippen LogP contribution is 2.30. The minimum atomic E-state index is -3.74. The van der Waals surface area contributed by atoms with Gasteiger partial charge >= 0.3 is 0 Å². The lowest BCUT2D eigenvalue weighted by Gasteiger charge is -2.17. The standard InChI is InChI=1S/C24H27NO4S/c1-18(2)20-11-13-21(14-12-20)30(27,28)23(22-9-6-16-29-22)17-25-24(26)15-10-19-7-4-3-5-8-19/h3-9,11-14,16,18,23H,10,15,17H2,1-2H3,(H,25,26)/t23-/m1/s1. The maximum absolute atomic E-state index is 13.3. The Morgan fingerprint density at radius 2 is 1.67 bits per heavy atom. The van der Waals surface area contributed by atoms with Crippen LogP contribution >= 0.6 is 0 Å². The molecule has 0 aliphatic heterocycles. The number of amides is 1. The lowest BCUT2D eigenvalue weighted by molar-refractivity contribution is -0.121. The number of carbonyl (C=O) groups excluding carboxylic acids is 1. The maximum atomic E-state index is 13.3. The molecule has 1 N–H and O–H groups in total. The minimum absolute atomic E-state index is 0.0462. The van der Waals surface area contributed by atoms with Crippen molar-refractivity contribution in [2.75, 3.05) is 6.54 Å². The fraction of sp³-hybridized carbons (Fsp3) is 0.292. The van der Waals surface area contributed by atoms with Crippen LogP contribution in [0, 0.1) is 0 Å². The van der Waals surface area contributed by atoms with Gasteiger partial charge in [-0.15, -0.1) is 0 Å². The molecule has 0 saturated carbocycles. The van der Waals surface area contributed by atoms with Crippen molar-refractivity contribution in [2.24, 2.45) is 0 Å². The van der Waals surface area contributed by atoms with Crippen molar-refractivity contribution >= 4 is 15.7 Å². The summed E-state index contributed by atoms with van der Waals surface area (Å²) in [4.78, 5) is 12.6. The first-order valence-electron chi connectivity index (χ1n) is 10.1. The van der Waals surface area contributed by atoms with Gasteiger partial charge in [-0.3, -0.25) is 4.79 Å². The molecule has 5 nitrogen and oxygen atoms in total. The third kappa shape index (κ3) is 5.39. The largest absolute Gasteiger partial charge is 0.468 e. The van der Waals surface area contributed by atoms with Crippen molar-refractivity contribution in [1.29, 1.82) is 0 Å². The number of hydrogen-bond donors (Lipinski definition) is 1. The molecule has 0 aliphatic carbocycles. The van der Waals surface area contributed by atoms with Gasteiger partial charge in [0.15, 0.2) is 9.84 Å². The summed E-state index contributed by atoms with van der Waals surface area (Å²) in [5.74, 6) is 0.429. The summed E-state index contributed by atoms with van der Waals surface area (Å²) in [7, 11) is -3.74. The van der Waals surface area contributed by atoms with E-state index in [1.807, 2.05) is 42.5 Å². The van der Waals surface area contributed by atoms with Crippen LogP contribution in [-0.2, 0) is 21.1 Å². The van der Waals surface area contributed by atoms with Crippen LogP contribution in [0.15, 0.2) is 82.3 Å². The summed E-state index contributed by atoms with van der Waals surface area (Å²) in [6, 6.07) is 19.9. The zero-order chi connectivity index (χ0) is 21.6. The molecule has 2 aromatic carbocycles. The summed E-state index contributed by atoms with van der Waals surface area (Å²) in [5.41, 5.74) is 2.13. The third-order valence-electron chi connectivity index (χ3n) is 5.08. The number of sulfone groups is 1. The minimum Gasteiger partial charge on any atom is -0.468 e. The Balaban J connectivity index is 1.72. The van der Waals surface area contributed by atoms with Crippen LogP contribution in [0.5, 0.6) is 0 Å². The number of carbonyl (C=O) groups is 1. The molecular formula is C24H27NO4S. The van der Waals surface area contributed by atoms with Gasteiger partial charge in [-0.2, -0.15) is 0 Å². The summed E-state index contributed by atoms with van der Waals surface area (Å²) in [6.07, 6.45) is 2.33. The smallest absolute Gasteiger partial charge is 0.220 e. The third-order valence-corrected chi connectivity index (χ3v) is 7.16. The van der Waals surface area contributed by atoms with E-state index < -0.39 is 15.1 Å². The molecule has 6 heteroatoms. The van der Waals surface area contributed by atoms with E-state index in [0.717, 1.165) is 11.1 Å². The van der Waals surface area contributed by atoms with E-state index in [2.05, 4.69) is 19.2 Å².